The summed E-state index contributed by atoms with van der Waals surface area (Å²) < 4.78 is 25.4. The fourth-order valence-corrected chi connectivity index (χ4v) is 4.26. The van der Waals surface area contributed by atoms with Crippen molar-refractivity contribution < 1.29 is 18.6 Å². The zero-order valence-corrected chi connectivity index (χ0v) is 13.7. The number of fused-ring (bicyclic) bond motifs is 2. The molecular formula is C18H17NO4S. The molecule has 2 heterocycles. The molecule has 5 nitrogen and oxygen atoms in total. The maximum Gasteiger partial charge on any atom is 0.228 e. The van der Waals surface area contributed by atoms with Gasteiger partial charge in [-0.3, -0.25) is 13.9 Å². The smallest absolute Gasteiger partial charge is 0.228 e. The number of rotatable bonds is 3. The fourth-order valence-electron chi connectivity index (χ4n) is 2.99. The van der Waals surface area contributed by atoms with Gasteiger partial charge in [0, 0.05) is 17.5 Å². The number of carbonyl (C=O) groups excluding carboxylic acids is 1. The Morgan fingerprint density at radius 1 is 1.21 bits per heavy atom. The van der Waals surface area contributed by atoms with E-state index in [0.717, 1.165) is 28.9 Å². The number of nitrogens with one attached hydrogen (secondary N) is 1. The molecule has 4 rings (SSSR count). The molecule has 0 fully saturated rings. The van der Waals surface area contributed by atoms with Gasteiger partial charge in [0.25, 0.3) is 0 Å². The molecule has 0 spiro atoms. The highest BCUT2D eigenvalue weighted by atomic mass is 32.3. The molecule has 2 aromatic rings. The molecule has 0 aromatic heterocycles. The second kappa shape index (κ2) is 5.66. The quantitative estimate of drug-likeness (QED) is 0.790. The second-order valence-corrected chi connectivity index (χ2v) is 7.81. The van der Waals surface area contributed by atoms with E-state index in [9.17, 15) is 13.9 Å². The van der Waals surface area contributed by atoms with Crippen molar-refractivity contribution in [2.24, 2.45) is 0 Å². The standard InChI is InChI=1S/C18H17NO4S/c20-18(10-12-1-4-16-14(9-12)5-7-23-16)19-15-3-2-13-6-8-24(21,22)17(13)11-15/h1-4,6,8-9,11,21-22H,5,7,10H2,(H,19,20). The van der Waals surface area contributed by atoms with Crippen molar-refractivity contribution in [1.29, 1.82) is 0 Å². The van der Waals surface area contributed by atoms with Crippen LogP contribution in [0.2, 0.25) is 0 Å². The van der Waals surface area contributed by atoms with Gasteiger partial charge in [-0.2, -0.15) is 0 Å². The molecule has 6 heteroatoms. The number of hydrogen-bond donors (Lipinski definition) is 3. The maximum absolute atomic E-state index is 12.3. The number of ether oxygens (including phenoxy) is 1. The monoisotopic (exact) mass is 343 g/mol. The Bertz CT molecular complexity index is 860. The van der Waals surface area contributed by atoms with E-state index >= 15 is 0 Å². The van der Waals surface area contributed by atoms with Gasteiger partial charge in [0.1, 0.15) is 5.75 Å². The van der Waals surface area contributed by atoms with Gasteiger partial charge in [0.05, 0.1) is 17.9 Å². The Hall–Kier alpha value is -2.28. The van der Waals surface area contributed by atoms with E-state index in [1.54, 1.807) is 24.3 Å². The molecule has 24 heavy (non-hydrogen) atoms. The van der Waals surface area contributed by atoms with Crippen LogP contribution >= 0.6 is 10.6 Å². The Balaban J connectivity index is 1.47. The van der Waals surface area contributed by atoms with Crippen LogP contribution in [0.25, 0.3) is 6.08 Å². The topological polar surface area (TPSA) is 78.8 Å². The molecular weight excluding hydrogens is 326 g/mol. The highest BCUT2D eigenvalue weighted by molar-refractivity contribution is 8.27. The summed E-state index contributed by atoms with van der Waals surface area (Å²) in [6, 6.07) is 11.0. The summed E-state index contributed by atoms with van der Waals surface area (Å²) in [7, 11) is -2.88. The molecule has 0 bridgehead atoms. The van der Waals surface area contributed by atoms with Crippen LogP contribution in [0.15, 0.2) is 46.7 Å². The van der Waals surface area contributed by atoms with Gasteiger partial charge in [0.15, 0.2) is 0 Å². The van der Waals surface area contributed by atoms with Gasteiger partial charge in [0.2, 0.25) is 5.91 Å². The lowest BCUT2D eigenvalue weighted by atomic mass is 10.1. The molecule has 2 aliphatic rings. The van der Waals surface area contributed by atoms with Crippen molar-refractivity contribution in [2.75, 3.05) is 11.9 Å². The molecule has 1 amide bonds. The lowest BCUT2D eigenvalue weighted by molar-refractivity contribution is -0.115. The highest BCUT2D eigenvalue weighted by Crippen LogP contribution is 2.56. The van der Waals surface area contributed by atoms with Crippen LogP contribution in [-0.2, 0) is 17.6 Å². The molecule has 0 atom stereocenters. The summed E-state index contributed by atoms with van der Waals surface area (Å²) in [5, 5.41) is 4.22. The predicted molar refractivity (Wildman–Crippen MR) is 94.6 cm³/mol. The maximum atomic E-state index is 12.3. The third-order valence-corrected chi connectivity index (χ3v) is 5.69. The average molecular weight is 343 g/mol. The summed E-state index contributed by atoms with van der Waals surface area (Å²) >= 11 is 0. The van der Waals surface area contributed by atoms with Gasteiger partial charge in [-0.25, -0.2) is 0 Å². The van der Waals surface area contributed by atoms with Crippen LogP contribution in [0.4, 0.5) is 5.69 Å². The highest BCUT2D eigenvalue weighted by Gasteiger charge is 2.22. The van der Waals surface area contributed by atoms with Crippen molar-refractivity contribution >= 4 is 28.3 Å². The van der Waals surface area contributed by atoms with Gasteiger partial charge >= 0.3 is 0 Å². The molecule has 0 aliphatic carbocycles. The molecule has 124 valence electrons. The first kappa shape index (κ1) is 15.3. The number of hydrogen-bond acceptors (Lipinski definition) is 4. The van der Waals surface area contributed by atoms with E-state index < -0.39 is 10.6 Å². The van der Waals surface area contributed by atoms with Gasteiger partial charge in [-0.1, -0.05) is 18.2 Å². The minimum Gasteiger partial charge on any atom is -0.493 e. The van der Waals surface area contributed by atoms with Crippen LogP contribution in [0.1, 0.15) is 16.7 Å². The lowest BCUT2D eigenvalue weighted by Gasteiger charge is -2.25. The van der Waals surface area contributed by atoms with E-state index in [0.29, 0.717) is 17.2 Å². The van der Waals surface area contributed by atoms with Gasteiger partial charge in [-0.05, 0) is 41.0 Å². The minimum absolute atomic E-state index is 0.142. The molecule has 0 saturated heterocycles. The van der Waals surface area contributed by atoms with E-state index in [2.05, 4.69) is 5.32 Å². The molecule has 3 N–H and O–H groups in total. The summed E-state index contributed by atoms with van der Waals surface area (Å²) in [5.74, 6) is 0.756. The zero-order valence-electron chi connectivity index (χ0n) is 12.9. The third kappa shape index (κ3) is 2.80. The molecule has 2 aromatic carbocycles. The first-order valence-electron chi connectivity index (χ1n) is 7.66. The van der Waals surface area contributed by atoms with E-state index in [1.807, 2.05) is 18.2 Å². The van der Waals surface area contributed by atoms with Crippen LogP contribution in [-0.4, -0.2) is 21.6 Å². The first-order valence-corrected chi connectivity index (χ1v) is 9.27. The first-order chi connectivity index (χ1) is 11.5. The zero-order chi connectivity index (χ0) is 16.7. The van der Waals surface area contributed by atoms with Crippen molar-refractivity contribution in [1.82, 2.24) is 0 Å². The van der Waals surface area contributed by atoms with Gasteiger partial charge < -0.3 is 10.1 Å². The van der Waals surface area contributed by atoms with E-state index in [1.165, 1.54) is 5.41 Å². The molecule has 0 saturated carbocycles. The van der Waals surface area contributed by atoms with E-state index in [4.69, 9.17) is 4.74 Å². The Labute approximate surface area is 141 Å². The predicted octanol–water partition coefficient (Wildman–Crippen LogP) is 3.90. The van der Waals surface area contributed by atoms with Crippen LogP contribution in [0.3, 0.4) is 0 Å². The summed E-state index contributed by atoms with van der Waals surface area (Å²) in [5.41, 5.74) is 3.40. The van der Waals surface area contributed by atoms with Crippen molar-refractivity contribution in [3.05, 3.63) is 58.5 Å². The van der Waals surface area contributed by atoms with Crippen molar-refractivity contribution in [2.45, 2.75) is 17.7 Å². The third-order valence-electron chi connectivity index (χ3n) is 4.18. The largest absolute Gasteiger partial charge is 0.493 e. The fraction of sp³-hybridized carbons (Fsp3) is 0.167. The summed E-state index contributed by atoms with van der Waals surface area (Å²) in [6.07, 6.45) is 2.82. The number of carbonyl (C=O) groups is 1. The number of anilines is 1. The average Bonchev–Trinajstić information content (AvgIpc) is 3.12. The Kier molecular flexibility index (Phi) is 3.60. The van der Waals surface area contributed by atoms with Crippen LogP contribution in [0, 0.1) is 0 Å². The number of amides is 1. The lowest BCUT2D eigenvalue weighted by Crippen LogP contribution is -2.14. The van der Waals surface area contributed by atoms with Crippen LogP contribution < -0.4 is 10.1 Å². The van der Waals surface area contributed by atoms with Crippen molar-refractivity contribution in [3.63, 3.8) is 0 Å². The van der Waals surface area contributed by atoms with Crippen molar-refractivity contribution in [3.8, 4) is 5.75 Å². The Morgan fingerprint density at radius 2 is 2.08 bits per heavy atom. The van der Waals surface area contributed by atoms with Gasteiger partial charge in [-0.15, -0.1) is 10.6 Å². The molecule has 0 unspecified atom stereocenters. The minimum atomic E-state index is -2.88. The SMILES string of the molecule is O=C(Cc1ccc2c(c1)CCO2)Nc1ccc2c(c1)S(O)(O)C=C2. The molecule has 0 radical (unpaired) electrons. The normalized spacial score (nSPS) is 17.8. The van der Waals surface area contributed by atoms with Crippen LogP contribution in [0.5, 0.6) is 5.75 Å². The van der Waals surface area contributed by atoms with E-state index in [-0.39, 0.29) is 12.3 Å². The molecule has 2 aliphatic heterocycles. The number of benzene rings is 2. The second-order valence-electron chi connectivity index (χ2n) is 5.91. The summed E-state index contributed by atoms with van der Waals surface area (Å²) in [4.78, 5) is 12.7. The Morgan fingerprint density at radius 3 is 2.96 bits per heavy atom. The summed E-state index contributed by atoms with van der Waals surface area (Å²) in [6.45, 7) is 0.695.